The first-order chi connectivity index (χ1) is 8.17. The third-order valence-electron chi connectivity index (χ3n) is 4.20. The molecule has 0 aliphatic heterocycles. The van der Waals surface area contributed by atoms with Crippen LogP contribution in [0.5, 0.6) is 0 Å². The molecule has 1 atom stereocenters. The molecule has 1 aliphatic rings. The van der Waals surface area contributed by atoms with Crippen LogP contribution in [0.25, 0.3) is 0 Å². The predicted molar refractivity (Wildman–Crippen MR) is 73.5 cm³/mol. The zero-order valence-corrected chi connectivity index (χ0v) is 12.1. The number of nitrogens with zero attached hydrogens (tertiary/aromatic N) is 1. The first kappa shape index (κ1) is 14.9. The van der Waals surface area contributed by atoms with Crippen molar-refractivity contribution < 1.29 is 4.74 Å². The van der Waals surface area contributed by atoms with Crippen molar-refractivity contribution in [3.8, 4) is 0 Å². The second-order valence-electron chi connectivity index (χ2n) is 5.33. The van der Waals surface area contributed by atoms with Gasteiger partial charge in [0.15, 0.2) is 0 Å². The molecule has 3 heteroatoms. The third-order valence-corrected chi connectivity index (χ3v) is 4.20. The van der Waals surface area contributed by atoms with Crippen molar-refractivity contribution in [2.75, 3.05) is 33.9 Å². The number of ether oxygens (including phenoxy) is 1. The Labute approximate surface area is 107 Å². The van der Waals surface area contributed by atoms with E-state index in [0.717, 1.165) is 19.8 Å². The summed E-state index contributed by atoms with van der Waals surface area (Å²) in [6.07, 6.45) is 6.69. The molecule has 0 aromatic heterocycles. The zero-order valence-electron chi connectivity index (χ0n) is 12.1. The van der Waals surface area contributed by atoms with Gasteiger partial charge in [-0.3, -0.25) is 0 Å². The summed E-state index contributed by atoms with van der Waals surface area (Å²) in [6.45, 7) is 6.93. The Morgan fingerprint density at radius 2 is 1.82 bits per heavy atom. The van der Waals surface area contributed by atoms with E-state index in [1.165, 1.54) is 32.1 Å². The summed E-state index contributed by atoms with van der Waals surface area (Å²) in [5, 5.41) is 3.64. The maximum absolute atomic E-state index is 5.69. The molecule has 1 saturated carbocycles. The zero-order chi connectivity index (χ0) is 12.7. The van der Waals surface area contributed by atoms with Crippen molar-refractivity contribution in [3.63, 3.8) is 0 Å². The monoisotopic (exact) mass is 242 g/mol. The molecule has 0 radical (unpaired) electrons. The van der Waals surface area contributed by atoms with E-state index in [9.17, 15) is 0 Å². The van der Waals surface area contributed by atoms with E-state index in [4.69, 9.17) is 4.74 Å². The minimum absolute atomic E-state index is 0.295. The van der Waals surface area contributed by atoms with Gasteiger partial charge in [-0.1, -0.05) is 26.2 Å². The first-order valence-electron chi connectivity index (χ1n) is 7.16. The Morgan fingerprint density at radius 1 is 1.18 bits per heavy atom. The molecule has 0 heterocycles. The average Bonchev–Trinajstić information content (AvgIpc) is 2.35. The molecule has 0 amide bonds. The summed E-state index contributed by atoms with van der Waals surface area (Å²) >= 11 is 0. The smallest absolute Gasteiger partial charge is 0.0637 e. The standard InChI is InChI=1S/C14H30N2O/c1-5-15-13(12-17-6-2)14(16(3)4)10-8-7-9-11-14/h13,15H,5-12H2,1-4H3. The van der Waals surface area contributed by atoms with Crippen LogP contribution in [-0.4, -0.2) is 50.3 Å². The van der Waals surface area contributed by atoms with Crippen LogP contribution in [0, 0.1) is 0 Å². The largest absolute Gasteiger partial charge is 0.380 e. The van der Waals surface area contributed by atoms with E-state index in [1.54, 1.807) is 0 Å². The molecular weight excluding hydrogens is 212 g/mol. The lowest BCUT2D eigenvalue weighted by Crippen LogP contribution is -2.61. The maximum atomic E-state index is 5.69. The number of hydrogen-bond acceptors (Lipinski definition) is 3. The van der Waals surface area contributed by atoms with Gasteiger partial charge in [-0.05, 0) is 40.4 Å². The Morgan fingerprint density at radius 3 is 2.29 bits per heavy atom. The molecule has 102 valence electrons. The highest BCUT2D eigenvalue weighted by atomic mass is 16.5. The van der Waals surface area contributed by atoms with Gasteiger partial charge in [0.05, 0.1) is 6.61 Å². The molecule has 17 heavy (non-hydrogen) atoms. The predicted octanol–water partition coefficient (Wildman–Crippen LogP) is 2.27. The van der Waals surface area contributed by atoms with Crippen LogP contribution in [0.2, 0.25) is 0 Å². The molecule has 0 aromatic rings. The molecule has 0 aromatic carbocycles. The van der Waals surface area contributed by atoms with Crippen molar-refractivity contribution in [2.24, 2.45) is 0 Å². The molecule has 0 spiro atoms. The quantitative estimate of drug-likeness (QED) is 0.741. The highest BCUT2D eigenvalue weighted by Gasteiger charge is 2.41. The van der Waals surface area contributed by atoms with Crippen molar-refractivity contribution in [3.05, 3.63) is 0 Å². The Balaban J connectivity index is 2.75. The Hall–Kier alpha value is -0.120. The lowest BCUT2D eigenvalue weighted by atomic mass is 9.75. The topological polar surface area (TPSA) is 24.5 Å². The SMILES string of the molecule is CCNC(COCC)C1(N(C)C)CCCCC1. The fourth-order valence-electron chi connectivity index (χ4n) is 3.16. The molecule has 3 nitrogen and oxygen atoms in total. The summed E-state index contributed by atoms with van der Waals surface area (Å²) < 4.78 is 5.69. The second kappa shape index (κ2) is 7.34. The van der Waals surface area contributed by atoms with Gasteiger partial charge in [0.25, 0.3) is 0 Å². The highest BCUT2D eigenvalue weighted by molar-refractivity contribution is 5.00. The number of rotatable bonds is 7. The summed E-state index contributed by atoms with van der Waals surface area (Å²) in [4.78, 5) is 2.43. The van der Waals surface area contributed by atoms with Crippen LogP contribution in [0.3, 0.4) is 0 Å². The third kappa shape index (κ3) is 3.67. The summed E-state index contributed by atoms with van der Waals surface area (Å²) in [7, 11) is 4.45. The van der Waals surface area contributed by atoms with Crippen LogP contribution >= 0.6 is 0 Å². The van der Waals surface area contributed by atoms with Gasteiger partial charge >= 0.3 is 0 Å². The number of nitrogens with one attached hydrogen (secondary N) is 1. The number of hydrogen-bond donors (Lipinski definition) is 1. The Kier molecular flexibility index (Phi) is 6.45. The Bertz CT molecular complexity index is 200. The van der Waals surface area contributed by atoms with Crippen molar-refractivity contribution >= 4 is 0 Å². The first-order valence-corrected chi connectivity index (χ1v) is 7.16. The van der Waals surface area contributed by atoms with Gasteiger partial charge < -0.3 is 15.0 Å². The molecule has 0 bridgehead atoms. The summed E-state index contributed by atoms with van der Waals surface area (Å²) in [6, 6.07) is 0.461. The maximum Gasteiger partial charge on any atom is 0.0637 e. The van der Waals surface area contributed by atoms with Crippen LogP contribution in [0.15, 0.2) is 0 Å². The minimum Gasteiger partial charge on any atom is -0.380 e. The van der Waals surface area contributed by atoms with Gasteiger partial charge in [-0.25, -0.2) is 0 Å². The fraction of sp³-hybridized carbons (Fsp3) is 1.00. The molecule has 1 N–H and O–H groups in total. The van der Waals surface area contributed by atoms with E-state index < -0.39 is 0 Å². The lowest BCUT2D eigenvalue weighted by Gasteiger charge is -2.48. The van der Waals surface area contributed by atoms with E-state index >= 15 is 0 Å². The average molecular weight is 242 g/mol. The van der Waals surface area contributed by atoms with Crippen molar-refractivity contribution in [1.82, 2.24) is 10.2 Å². The molecule has 1 unspecified atom stereocenters. The minimum atomic E-state index is 0.295. The van der Waals surface area contributed by atoms with E-state index in [1.807, 2.05) is 0 Å². The van der Waals surface area contributed by atoms with Gasteiger partial charge in [-0.15, -0.1) is 0 Å². The summed E-state index contributed by atoms with van der Waals surface area (Å²) in [5.74, 6) is 0. The van der Waals surface area contributed by atoms with E-state index in [-0.39, 0.29) is 0 Å². The van der Waals surface area contributed by atoms with Gasteiger partial charge in [0.1, 0.15) is 0 Å². The molecule has 1 rings (SSSR count). The van der Waals surface area contributed by atoms with Crippen LogP contribution in [0.4, 0.5) is 0 Å². The van der Waals surface area contributed by atoms with Gasteiger partial charge in [0, 0.05) is 18.2 Å². The highest BCUT2D eigenvalue weighted by Crippen LogP contribution is 2.35. The molecule has 1 fully saturated rings. The molecule has 0 saturated heterocycles. The van der Waals surface area contributed by atoms with E-state index in [2.05, 4.69) is 38.2 Å². The van der Waals surface area contributed by atoms with Crippen LogP contribution in [-0.2, 0) is 4.74 Å². The second-order valence-corrected chi connectivity index (χ2v) is 5.33. The normalized spacial score (nSPS) is 21.7. The molecule has 1 aliphatic carbocycles. The summed E-state index contributed by atoms with van der Waals surface area (Å²) in [5.41, 5.74) is 0.295. The van der Waals surface area contributed by atoms with Crippen LogP contribution in [0.1, 0.15) is 46.0 Å². The lowest BCUT2D eigenvalue weighted by molar-refractivity contribution is 0.0108. The number of likely N-dealkylation sites (N-methyl/N-ethyl adjacent to an activating group) is 2. The van der Waals surface area contributed by atoms with Crippen molar-refractivity contribution in [1.29, 1.82) is 0 Å². The van der Waals surface area contributed by atoms with Gasteiger partial charge in [-0.2, -0.15) is 0 Å². The molecular formula is C14H30N2O. The fourth-order valence-corrected chi connectivity index (χ4v) is 3.16. The van der Waals surface area contributed by atoms with Gasteiger partial charge in [0.2, 0.25) is 0 Å². The van der Waals surface area contributed by atoms with Crippen molar-refractivity contribution in [2.45, 2.75) is 57.5 Å². The van der Waals surface area contributed by atoms with E-state index in [0.29, 0.717) is 11.6 Å². The van der Waals surface area contributed by atoms with Crippen LogP contribution < -0.4 is 5.32 Å².